The van der Waals surface area contributed by atoms with Crippen molar-refractivity contribution in [3.05, 3.63) is 48.3 Å². The van der Waals surface area contributed by atoms with Crippen LogP contribution in [0.1, 0.15) is 12.6 Å². The van der Waals surface area contributed by atoms with Crippen LogP contribution in [0.3, 0.4) is 0 Å². The molecule has 0 spiro atoms. The number of hydrogen-bond donors (Lipinski definition) is 2. The number of imidazole rings is 1. The van der Waals surface area contributed by atoms with Crippen LogP contribution in [-0.2, 0) is 21.2 Å². The second-order valence-electron chi connectivity index (χ2n) is 6.67. The molecule has 1 aliphatic rings. The summed E-state index contributed by atoms with van der Waals surface area (Å²) < 4.78 is 41.1. The lowest BCUT2D eigenvalue weighted by molar-refractivity contribution is -0.134. The van der Waals surface area contributed by atoms with Crippen molar-refractivity contribution >= 4 is 15.9 Å². The van der Waals surface area contributed by atoms with Crippen molar-refractivity contribution in [3.8, 4) is 0 Å². The first-order chi connectivity index (χ1) is 13.4. The Balaban J connectivity index is 1.78. The van der Waals surface area contributed by atoms with Gasteiger partial charge < -0.3 is 14.8 Å². The Morgan fingerprint density at radius 3 is 2.50 bits per heavy atom. The van der Waals surface area contributed by atoms with E-state index in [4.69, 9.17) is 0 Å². The van der Waals surface area contributed by atoms with Crippen LogP contribution < -0.4 is 4.72 Å². The number of aromatic nitrogens is 2. The number of nitrogens with zero attached hydrogens (tertiary/aromatic N) is 3. The third kappa shape index (κ3) is 4.94. The van der Waals surface area contributed by atoms with Crippen molar-refractivity contribution in [2.45, 2.75) is 24.3 Å². The van der Waals surface area contributed by atoms with Gasteiger partial charge in [-0.2, -0.15) is 4.72 Å². The highest BCUT2D eigenvalue weighted by Crippen LogP contribution is 2.13. The molecule has 1 aromatic heterocycles. The van der Waals surface area contributed by atoms with Gasteiger partial charge in [0, 0.05) is 44.5 Å². The monoisotopic (exact) mass is 409 g/mol. The average molecular weight is 409 g/mol. The summed E-state index contributed by atoms with van der Waals surface area (Å²) in [4.78, 5) is 23.7. The summed E-state index contributed by atoms with van der Waals surface area (Å²) in [5.41, 5.74) is 0.646. The highest BCUT2D eigenvalue weighted by molar-refractivity contribution is 7.89. The van der Waals surface area contributed by atoms with Crippen LogP contribution in [0.4, 0.5) is 4.39 Å². The smallest absolute Gasteiger partial charge is 0.241 e. The van der Waals surface area contributed by atoms with Crippen molar-refractivity contribution < 1.29 is 17.6 Å². The molecule has 28 heavy (non-hydrogen) atoms. The summed E-state index contributed by atoms with van der Waals surface area (Å²) in [5.74, 6) is -0.811. The summed E-state index contributed by atoms with van der Waals surface area (Å²) in [7, 11) is -3.99. The normalized spacial score (nSPS) is 16.9. The fourth-order valence-corrected chi connectivity index (χ4v) is 4.36. The van der Waals surface area contributed by atoms with Crippen molar-refractivity contribution in [1.82, 2.24) is 24.5 Å². The fourth-order valence-electron chi connectivity index (χ4n) is 3.17. The lowest BCUT2D eigenvalue weighted by atomic mass is 10.1. The summed E-state index contributed by atoms with van der Waals surface area (Å²) in [6.45, 7) is 5.58. The summed E-state index contributed by atoms with van der Waals surface area (Å²) >= 11 is 0. The van der Waals surface area contributed by atoms with Gasteiger partial charge in [-0.3, -0.25) is 4.79 Å². The van der Waals surface area contributed by atoms with E-state index in [1.165, 1.54) is 18.5 Å². The van der Waals surface area contributed by atoms with Gasteiger partial charge in [-0.25, -0.2) is 17.8 Å². The number of rotatable bonds is 7. The topological polar surface area (TPSA) is 98.4 Å². The quantitative estimate of drug-likeness (QED) is 0.698. The minimum Gasteiger partial charge on any atom is -0.348 e. The van der Waals surface area contributed by atoms with Crippen molar-refractivity contribution in [2.24, 2.45) is 0 Å². The lowest BCUT2D eigenvalue weighted by Crippen LogP contribution is -2.55. The van der Waals surface area contributed by atoms with Crippen LogP contribution in [0.15, 0.2) is 41.7 Å². The molecule has 8 nitrogen and oxygen atoms in total. The molecule has 1 saturated heterocycles. The van der Waals surface area contributed by atoms with E-state index in [1.54, 1.807) is 11.1 Å². The Morgan fingerprint density at radius 1 is 1.25 bits per heavy atom. The first-order valence-corrected chi connectivity index (χ1v) is 10.6. The maximum atomic E-state index is 13.1. The molecule has 0 saturated carbocycles. The van der Waals surface area contributed by atoms with E-state index in [-0.39, 0.29) is 17.2 Å². The van der Waals surface area contributed by atoms with Crippen molar-refractivity contribution in [3.63, 3.8) is 0 Å². The van der Waals surface area contributed by atoms with Gasteiger partial charge in [0.2, 0.25) is 15.9 Å². The second-order valence-corrected chi connectivity index (χ2v) is 8.38. The number of halogens is 1. The third-order valence-electron chi connectivity index (χ3n) is 4.83. The number of aromatic amines is 1. The SMILES string of the molecule is CCN1CCN(C(=O)C(Cc2cnc[nH]2)NS(=O)(=O)c2ccc(F)cc2)CC1. The molecular weight excluding hydrogens is 385 g/mol. The second kappa shape index (κ2) is 8.80. The predicted octanol–water partition coefficient (Wildman–Crippen LogP) is 0.603. The van der Waals surface area contributed by atoms with E-state index in [1.807, 2.05) is 0 Å². The average Bonchev–Trinajstić information content (AvgIpc) is 3.20. The molecule has 3 rings (SSSR count). The molecular formula is C18H24FN5O3S. The van der Waals surface area contributed by atoms with Crippen LogP contribution in [0.5, 0.6) is 0 Å². The largest absolute Gasteiger partial charge is 0.348 e. The van der Waals surface area contributed by atoms with Gasteiger partial charge >= 0.3 is 0 Å². The van der Waals surface area contributed by atoms with Gasteiger partial charge in [-0.05, 0) is 30.8 Å². The summed E-state index contributed by atoms with van der Waals surface area (Å²) in [5, 5.41) is 0. The summed E-state index contributed by atoms with van der Waals surface area (Å²) in [6.07, 6.45) is 3.18. The zero-order valence-corrected chi connectivity index (χ0v) is 16.5. The number of carbonyl (C=O) groups excluding carboxylic acids is 1. The molecule has 1 atom stereocenters. The maximum Gasteiger partial charge on any atom is 0.241 e. The number of carbonyl (C=O) groups is 1. The molecule has 2 heterocycles. The van der Waals surface area contributed by atoms with Crippen LogP contribution in [0.25, 0.3) is 0 Å². The van der Waals surface area contributed by atoms with Gasteiger partial charge in [0.25, 0.3) is 0 Å². The third-order valence-corrected chi connectivity index (χ3v) is 6.32. The molecule has 1 amide bonds. The van der Waals surface area contributed by atoms with E-state index in [9.17, 15) is 17.6 Å². The fraction of sp³-hybridized carbons (Fsp3) is 0.444. The number of nitrogens with one attached hydrogen (secondary N) is 2. The molecule has 10 heteroatoms. The maximum absolute atomic E-state index is 13.1. The Bertz CT molecular complexity index is 878. The van der Waals surface area contributed by atoms with Crippen LogP contribution in [0.2, 0.25) is 0 Å². The minimum absolute atomic E-state index is 0.0906. The zero-order valence-electron chi connectivity index (χ0n) is 15.6. The molecule has 0 radical (unpaired) electrons. The van der Waals surface area contributed by atoms with Crippen LogP contribution in [-0.4, -0.2) is 72.9 Å². The highest BCUT2D eigenvalue weighted by atomic mass is 32.2. The van der Waals surface area contributed by atoms with Crippen molar-refractivity contribution in [2.75, 3.05) is 32.7 Å². The number of amides is 1. The van der Waals surface area contributed by atoms with Crippen LogP contribution in [0, 0.1) is 5.82 Å². The number of piperazine rings is 1. The first kappa shape index (κ1) is 20.4. The van der Waals surface area contributed by atoms with Gasteiger partial charge in [0.1, 0.15) is 11.9 Å². The highest BCUT2D eigenvalue weighted by Gasteiger charge is 2.31. The number of hydrogen-bond acceptors (Lipinski definition) is 5. The van der Waals surface area contributed by atoms with E-state index < -0.39 is 21.9 Å². The molecule has 152 valence electrons. The van der Waals surface area contributed by atoms with Gasteiger partial charge in [-0.15, -0.1) is 0 Å². The molecule has 0 bridgehead atoms. The molecule has 1 aliphatic heterocycles. The Morgan fingerprint density at radius 2 is 1.93 bits per heavy atom. The Labute approximate surface area is 163 Å². The zero-order chi connectivity index (χ0) is 20.1. The number of benzene rings is 1. The van der Waals surface area contributed by atoms with E-state index >= 15 is 0 Å². The van der Waals surface area contributed by atoms with Gasteiger partial charge in [-0.1, -0.05) is 6.92 Å². The standard InChI is InChI=1S/C18H24FN5O3S/c1-2-23-7-9-24(10-8-23)18(25)17(11-15-12-20-13-21-15)22-28(26,27)16-5-3-14(19)4-6-16/h3-6,12-13,17,22H,2,7-11H2,1H3,(H,20,21). The molecule has 2 N–H and O–H groups in total. The Hall–Kier alpha value is -2.30. The molecule has 0 aliphatic carbocycles. The molecule has 1 aromatic carbocycles. The minimum atomic E-state index is -3.99. The number of likely N-dealkylation sites (N-methyl/N-ethyl adjacent to an activating group) is 1. The summed E-state index contributed by atoms with van der Waals surface area (Å²) in [6, 6.07) is 3.52. The Kier molecular flexibility index (Phi) is 6.42. The lowest BCUT2D eigenvalue weighted by Gasteiger charge is -2.36. The molecule has 2 aromatic rings. The molecule has 1 unspecified atom stereocenters. The van der Waals surface area contributed by atoms with Crippen molar-refractivity contribution in [1.29, 1.82) is 0 Å². The van der Waals surface area contributed by atoms with E-state index in [0.29, 0.717) is 18.8 Å². The van der Waals surface area contributed by atoms with E-state index in [2.05, 4.69) is 26.5 Å². The number of H-pyrrole nitrogens is 1. The number of sulfonamides is 1. The van der Waals surface area contributed by atoms with Gasteiger partial charge in [0.05, 0.1) is 11.2 Å². The molecule has 1 fully saturated rings. The van der Waals surface area contributed by atoms with E-state index in [0.717, 1.165) is 31.8 Å². The predicted molar refractivity (Wildman–Crippen MR) is 101 cm³/mol. The van der Waals surface area contributed by atoms with Gasteiger partial charge in [0.15, 0.2) is 0 Å². The van der Waals surface area contributed by atoms with Crippen LogP contribution >= 0.6 is 0 Å². The first-order valence-electron chi connectivity index (χ1n) is 9.15.